The molecule has 3 heteroatoms. The minimum atomic E-state index is -0.357. The van der Waals surface area contributed by atoms with E-state index in [0.717, 1.165) is 24.2 Å². The number of benzene rings is 3. The van der Waals surface area contributed by atoms with Gasteiger partial charge in [-0.15, -0.1) is 0 Å². The molecular formula is C25H28FOS+. The van der Waals surface area contributed by atoms with Gasteiger partial charge in [-0.05, 0) is 55.7 Å². The maximum Gasteiger partial charge on any atom is 0.170 e. The van der Waals surface area contributed by atoms with Crippen molar-refractivity contribution < 1.29 is 9.13 Å². The Morgan fingerprint density at radius 3 is 1.64 bits per heavy atom. The molecule has 0 atom stereocenters. The van der Waals surface area contributed by atoms with Crippen molar-refractivity contribution in [3.05, 3.63) is 84.7 Å². The van der Waals surface area contributed by atoms with Crippen LogP contribution in [0.4, 0.5) is 4.39 Å². The van der Waals surface area contributed by atoms with Crippen LogP contribution in [0.5, 0.6) is 5.75 Å². The number of ether oxygens (including phenoxy) is 1. The Balaban J connectivity index is 2.00. The topological polar surface area (TPSA) is 9.23 Å². The molecule has 0 fully saturated rings. The second-order valence-corrected chi connectivity index (χ2v) is 8.90. The lowest BCUT2D eigenvalue weighted by Crippen LogP contribution is -2.34. The second-order valence-electron chi connectivity index (χ2n) is 6.87. The van der Waals surface area contributed by atoms with Crippen molar-refractivity contribution in [2.45, 2.75) is 60.3 Å². The third kappa shape index (κ3) is 4.41. The standard InChI is InChI=1S/C25H28FOS/c1-4-25(5-2,6-3)27-24-18-17-22(19-23(24)26)28(20-13-9-7-10-14-20)21-15-11-8-12-16-21/h7-19H,4-6H2,1-3H3/q+1. The number of halogens is 1. The predicted octanol–water partition coefficient (Wildman–Crippen LogP) is 7.27. The maximum absolute atomic E-state index is 15.1. The van der Waals surface area contributed by atoms with Crippen LogP contribution in [0, 0.1) is 5.82 Å². The molecule has 0 spiro atoms. The number of hydrogen-bond acceptors (Lipinski definition) is 1. The highest BCUT2D eigenvalue weighted by Crippen LogP contribution is 2.35. The van der Waals surface area contributed by atoms with Gasteiger partial charge in [-0.3, -0.25) is 0 Å². The van der Waals surface area contributed by atoms with Gasteiger partial charge in [0.2, 0.25) is 0 Å². The van der Waals surface area contributed by atoms with E-state index in [1.54, 1.807) is 12.1 Å². The quantitative estimate of drug-likeness (QED) is 0.364. The zero-order chi connectivity index (χ0) is 20.0. The molecule has 0 saturated heterocycles. The van der Waals surface area contributed by atoms with E-state index in [0.29, 0.717) is 5.75 Å². The van der Waals surface area contributed by atoms with Crippen LogP contribution in [0.3, 0.4) is 0 Å². The fraction of sp³-hybridized carbons (Fsp3) is 0.280. The summed E-state index contributed by atoms with van der Waals surface area (Å²) in [5.41, 5.74) is -0.303. The van der Waals surface area contributed by atoms with E-state index in [1.165, 1.54) is 9.79 Å². The summed E-state index contributed by atoms with van der Waals surface area (Å²) in [7, 11) is -0.357. The SMILES string of the molecule is CCC(CC)(CC)Oc1ccc([S+](c2ccccc2)c2ccccc2)cc1F. The number of rotatable bonds is 8. The fourth-order valence-electron chi connectivity index (χ4n) is 3.41. The first-order valence-electron chi connectivity index (χ1n) is 9.95. The molecule has 3 rings (SSSR count). The zero-order valence-electron chi connectivity index (χ0n) is 16.8. The lowest BCUT2D eigenvalue weighted by molar-refractivity contribution is 0.0517. The van der Waals surface area contributed by atoms with Gasteiger partial charge >= 0.3 is 0 Å². The Hall–Kier alpha value is -2.26. The highest BCUT2D eigenvalue weighted by Gasteiger charge is 2.31. The molecule has 0 saturated carbocycles. The first kappa shape index (κ1) is 20.5. The Bertz CT molecular complexity index is 828. The Kier molecular flexibility index (Phi) is 6.79. The molecule has 0 aliphatic rings. The van der Waals surface area contributed by atoms with E-state index in [9.17, 15) is 0 Å². The summed E-state index contributed by atoms with van der Waals surface area (Å²) in [5, 5.41) is 0. The van der Waals surface area contributed by atoms with E-state index in [2.05, 4.69) is 45.0 Å². The molecule has 0 radical (unpaired) electrons. The molecule has 0 heterocycles. The normalized spacial score (nSPS) is 11.6. The molecule has 0 aliphatic carbocycles. The Labute approximate surface area is 170 Å². The molecule has 0 unspecified atom stereocenters. The molecule has 3 aromatic rings. The van der Waals surface area contributed by atoms with Crippen molar-refractivity contribution in [3.8, 4) is 5.75 Å². The summed E-state index contributed by atoms with van der Waals surface area (Å²) in [6.07, 6.45) is 2.58. The first-order chi connectivity index (χ1) is 13.6. The van der Waals surface area contributed by atoms with Crippen molar-refractivity contribution in [1.82, 2.24) is 0 Å². The molecule has 0 N–H and O–H groups in total. The second kappa shape index (κ2) is 9.29. The van der Waals surface area contributed by atoms with Crippen LogP contribution in [-0.2, 0) is 10.9 Å². The van der Waals surface area contributed by atoms with Crippen molar-refractivity contribution in [3.63, 3.8) is 0 Å². The van der Waals surface area contributed by atoms with E-state index in [-0.39, 0.29) is 22.3 Å². The molecule has 0 aliphatic heterocycles. The van der Waals surface area contributed by atoms with Crippen LogP contribution >= 0.6 is 0 Å². The van der Waals surface area contributed by atoms with Gasteiger partial charge in [-0.25, -0.2) is 4.39 Å². The highest BCUT2D eigenvalue weighted by atomic mass is 32.2. The molecule has 3 aromatic carbocycles. The maximum atomic E-state index is 15.1. The van der Waals surface area contributed by atoms with Crippen LogP contribution in [0.2, 0.25) is 0 Å². The summed E-state index contributed by atoms with van der Waals surface area (Å²) in [5.74, 6) is 0.0561. The summed E-state index contributed by atoms with van der Waals surface area (Å²) < 4.78 is 21.2. The third-order valence-electron chi connectivity index (χ3n) is 5.36. The molecule has 1 nitrogen and oxygen atoms in total. The Morgan fingerprint density at radius 1 is 0.714 bits per heavy atom. The van der Waals surface area contributed by atoms with Crippen molar-refractivity contribution in [2.75, 3.05) is 0 Å². The van der Waals surface area contributed by atoms with Crippen molar-refractivity contribution in [2.24, 2.45) is 0 Å². The Morgan fingerprint density at radius 2 is 1.21 bits per heavy atom. The van der Waals surface area contributed by atoms with Gasteiger partial charge in [0.1, 0.15) is 5.60 Å². The van der Waals surface area contributed by atoms with Gasteiger partial charge in [-0.2, -0.15) is 0 Å². The van der Waals surface area contributed by atoms with Crippen molar-refractivity contribution >= 4 is 10.9 Å². The van der Waals surface area contributed by atoms with Crippen LogP contribution in [0.25, 0.3) is 0 Å². The molecule has 0 amide bonds. The van der Waals surface area contributed by atoms with Gasteiger partial charge in [-0.1, -0.05) is 57.2 Å². The van der Waals surface area contributed by atoms with E-state index >= 15 is 4.39 Å². The van der Waals surface area contributed by atoms with Crippen LogP contribution in [0.15, 0.2) is 93.5 Å². The lowest BCUT2D eigenvalue weighted by Gasteiger charge is -2.31. The van der Waals surface area contributed by atoms with Gasteiger partial charge in [0.15, 0.2) is 26.3 Å². The van der Waals surface area contributed by atoms with Gasteiger partial charge < -0.3 is 4.74 Å². The molecular weight excluding hydrogens is 367 g/mol. The van der Waals surface area contributed by atoms with Crippen LogP contribution in [-0.4, -0.2) is 5.60 Å². The molecule has 0 bridgehead atoms. The van der Waals surface area contributed by atoms with E-state index in [1.807, 2.05) is 42.5 Å². The third-order valence-corrected chi connectivity index (χ3v) is 7.57. The summed E-state index contributed by atoms with van der Waals surface area (Å²) in [4.78, 5) is 3.30. The summed E-state index contributed by atoms with van der Waals surface area (Å²) >= 11 is 0. The van der Waals surface area contributed by atoms with Gasteiger partial charge in [0.05, 0.1) is 10.9 Å². The zero-order valence-corrected chi connectivity index (χ0v) is 17.6. The predicted molar refractivity (Wildman–Crippen MR) is 116 cm³/mol. The molecule has 28 heavy (non-hydrogen) atoms. The minimum absolute atomic E-state index is 0.290. The van der Waals surface area contributed by atoms with Gasteiger partial charge in [0, 0.05) is 6.07 Å². The lowest BCUT2D eigenvalue weighted by atomic mass is 9.94. The van der Waals surface area contributed by atoms with Gasteiger partial charge in [0.25, 0.3) is 0 Å². The summed E-state index contributed by atoms with van der Waals surface area (Å²) in [6.45, 7) is 6.30. The molecule has 0 aromatic heterocycles. The minimum Gasteiger partial charge on any atom is -0.484 e. The average molecular weight is 396 g/mol. The highest BCUT2D eigenvalue weighted by molar-refractivity contribution is 7.97. The molecule has 146 valence electrons. The van der Waals surface area contributed by atoms with E-state index < -0.39 is 0 Å². The van der Waals surface area contributed by atoms with Crippen LogP contribution in [0.1, 0.15) is 40.0 Å². The fourth-order valence-corrected chi connectivity index (χ4v) is 5.51. The number of hydrogen-bond donors (Lipinski definition) is 0. The first-order valence-corrected chi connectivity index (χ1v) is 11.2. The average Bonchev–Trinajstić information content (AvgIpc) is 2.75. The summed E-state index contributed by atoms with van der Waals surface area (Å²) in [6, 6.07) is 26.0. The smallest absolute Gasteiger partial charge is 0.170 e. The largest absolute Gasteiger partial charge is 0.484 e. The van der Waals surface area contributed by atoms with Crippen LogP contribution < -0.4 is 4.74 Å². The van der Waals surface area contributed by atoms with E-state index in [4.69, 9.17) is 4.74 Å². The monoisotopic (exact) mass is 395 g/mol. The van der Waals surface area contributed by atoms with Crippen molar-refractivity contribution in [1.29, 1.82) is 0 Å².